The predicted octanol–water partition coefficient (Wildman–Crippen LogP) is 3.67. The second-order valence-corrected chi connectivity index (χ2v) is 7.11. The summed E-state index contributed by atoms with van der Waals surface area (Å²) in [5.74, 6) is 2.08. The number of hydrogen-bond acceptors (Lipinski definition) is 4. The molecule has 0 aromatic carbocycles. The van der Waals surface area contributed by atoms with Gasteiger partial charge in [0.05, 0.1) is 18.8 Å². The Labute approximate surface area is 132 Å². The first-order valence-corrected chi connectivity index (χ1v) is 8.90. The van der Waals surface area contributed by atoms with Crippen LogP contribution in [0.15, 0.2) is 16.5 Å². The number of rotatable bonds is 3. The third kappa shape index (κ3) is 3.10. The maximum Gasteiger partial charge on any atom is 0.133 e. The fraction of sp³-hybridized carbons (Fsp3) is 0.778. The van der Waals surface area contributed by atoms with Gasteiger partial charge in [0, 0.05) is 19.7 Å². The Morgan fingerprint density at radius 2 is 2.00 bits per heavy atom. The molecule has 2 aliphatic heterocycles. The summed E-state index contributed by atoms with van der Waals surface area (Å²) in [5, 5.41) is 0. The van der Waals surface area contributed by atoms with E-state index in [2.05, 4.69) is 17.0 Å². The fourth-order valence-electron chi connectivity index (χ4n) is 4.22. The van der Waals surface area contributed by atoms with Crippen molar-refractivity contribution in [2.45, 2.75) is 63.2 Å². The first kappa shape index (κ1) is 14.7. The molecule has 1 aliphatic carbocycles. The molecule has 4 nitrogen and oxygen atoms in total. The molecule has 1 aromatic heterocycles. The average molecular weight is 305 g/mol. The second-order valence-electron chi connectivity index (χ2n) is 7.11. The Morgan fingerprint density at radius 3 is 2.82 bits per heavy atom. The normalized spacial score (nSPS) is 29.2. The standard InChI is InChI=1S/C18H27NO3/c1-4-11-20-16(5-1)17-7-6-15(22-17)13-19-10-12-21-18(14-19)8-2-3-9-18/h6-7,16H,1-5,8-14H2/t16-/m1/s1. The monoisotopic (exact) mass is 305 g/mol. The van der Waals surface area contributed by atoms with Crippen molar-refractivity contribution in [1.29, 1.82) is 0 Å². The summed E-state index contributed by atoms with van der Waals surface area (Å²) >= 11 is 0. The number of furan rings is 1. The third-order valence-electron chi connectivity index (χ3n) is 5.40. The summed E-state index contributed by atoms with van der Waals surface area (Å²) in [7, 11) is 0. The van der Waals surface area contributed by atoms with Crippen molar-refractivity contribution >= 4 is 0 Å². The number of morpholine rings is 1. The predicted molar refractivity (Wildman–Crippen MR) is 83.7 cm³/mol. The zero-order chi connectivity index (χ0) is 14.8. The van der Waals surface area contributed by atoms with Crippen LogP contribution in [0.4, 0.5) is 0 Å². The summed E-state index contributed by atoms with van der Waals surface area (Å²) in [5.41, 5.74) is 0.139. The molecule has 1 saturated carbocycles. The molecule has 22 heavy (non-hydrogen) atoms. The maximum absolute atomic E-state index is 6.10. The summed E-state index contributed by atoms with van der Waals surface area (Å²) < 4.78 is 18.0. The molecule has 0 unspecified atom stereocenters. The molecule has 0 radical (unpaired) electrons. The molecule has 2 saturated heterocycles. The second kappa shape index (κ2) is 6.34. The molecule has 0 bridgehead atoms. The molecule has 4 rings (SSSR count). The molecule has 3 aliphatic rings. The minimum Gasteiger partial charge on any atom is -0.462 e. The average Bonchev–Trinajstić information content (AvgIpc) is 3.19. The van der Waals surface area contributed by atoms with Crippen LogP contribution in [0.25, 0.3) is 0 Å². The summed E-state index contributed by atoms with van der Waals surface area (Å²) in [6.45, 7) is 4.70. The van der Waals surface area contributed by atoms with E-state index in [4.69, 9.17) is 13.9 Å². The van der Waals surface area contributed by atoms with Crippen LogP contribution in [-0.4, -0.2) is 36.8 Å². The number of hydrogen-bond donors (Lipinski definition) is 0. The van der Waals surface area contributed by atoms with Crippen molar-refractivity contribution in [3.63, 3.8) is 0 Å². The summed E-state index contributed by atoms with van der Waals surface area (Å²) in [6, 6.07) is 4.24. The van der Waals surface area contributed by atoms with Crippen LogP contribution in [0.1, 0.15) is 62.6 Å². The zero-order valence-corrected chi connectivity index (χ0v) is 13.4. The van der Waals surface area contributed by atoms with Crippen molar-refractivity contribution in [3.8, 4) is 0 Å². The van der Waals surface area contributed by atoms with E-state index in [0.717, 1.165) is 50.8 Å². The molecule has 0 N–H and O–H groups in total. The molecule has 122 valence electrons. The van der Waals surface area contributed by atoms with Crippen molar-refractivity contribution in [1.82, 2.24) is 4.90 Å². The van der Waals surface area contributed by atoms with Crippen LogP contribution in [0.3, 0.4) is 0 Å². The fourth-order valence-corrected chi connectivity index (χ4v) is 4.22. The lowest BCUT2D eigenvalue weighted by Crippen LogP contribution is -2.49. The third-order valence-corrected chi connectivity index (χ3v) is 5.40. The Hall–Kier alpha value is -0.840. The zero-order valence-electron chi connectivity index (χ0n) is 13.4. The van der Waals surface area contributed by atoms with Crippen LogP contribution >= 0.6 is 0 Å². The van der Waals surface area contributed by atoms with Gasteiger partial charge < -0.3 is 13.9 Å². The molecule has 0 amide bonds. The van der Waals surface area contributed by atoms with Gasteiger partial charge in [-0.3, -0.25) is 4.90 Å². The van der Waals surface area contributed by atoms with Gasteiger partial charge in [0.15, 0.2) is 0 Å². The first-order chi connectivity index (χ1) is 10.8. The highest BCUT2D eigenvalue weighted by atomic mass is 16.5. The first-order valence-electron chi connectivity index (χ1n) is 8.90. The molecular weight excluding hydrogens is 278 g/mol. The van der Waals surface area contributed by atoms with E-state index in [9.17, 15) is 0 Å². The lowest BCUT2D eigenvalue weighted by molar-refractivity contribution is -0.108. The SMILES string of the molecule is c1cc([C@H]2CCCCO2)oc1CN1CCOC2(CCCC2)C1. The lowest BCUT2D eigenvalue weighted by atomic mass is 10.00. The van der Waals surface area contributed by atoms with E-state index in [1.54, 1.807) is 0 Å². The van der Waals surface area contributed by atoms with Gasteiger partial charge in [-0.05, 0) is 44.2 Å². The molecule has 1 aromatic rings. The van der Waals surface area contributed by atoms with E-state index >= 15 is 0 Å². The molecule has 4 heteroatoms. The van der Waals surface area contributed by atoms with Crippen molar-refractivity contribution in [2.75, 3.05) is 26.3 Å². The van der Waals surface area contributed by atoms with Gasteiger partial charge in [0.2, 0.25) is 0 Å². The maximum atomic E-state index is 6.10. The van der Waals surface area contributed by atoms with Gasteiger partial charge in [0.25, 0.3) is 0 Å². The van der Waals surface area contributed by atoms with Crippen LogP contribution in [0.5, 0.6) is 0 Å². The number of ether oxygens (including phenoxy) is 2. The molecule has 3 fully saturated rings. The minimum atomic E-state index is 0.139. The highest BCUT2D eigenvalue weighted by molar-refractivity contribution is 5.10. The lowest BCUT2D eigenvalue weighted by Gasteiger charge is -2.40. The Kier molecular flexibility index (Phi) is 4.25. The van der Waals surface area contributed by atoms with Gasteiger partial charge >= 0.3 is 0 Å². The van der Waals surface area contributed by atoms with E-state index in [1.807, 2.05) is 0 Å². The molecule has 3 heterocycles. The van der Waals surface area contributed by atoms with Crippen LogP contribution in [-0.2, 0) is 16.0 Å². The molecule has 1 atom stereocenters. The largest absolute Gasteiger partial charge is 0.462 e. The van der Waals surface area contributed by atoms with Gasteiger partial charge in [-0.1, -0.05) is 12.8 Å². The van der Waals surface area contributed by atoms with Gasteiger partial charge in [-0.15, -0.1) is 0 Å². The Balaban J connectivity index is 1.37. The van der Waals surface area contributed by atoms with E-state index in [-0.39, 0.29) is 11.7 Å². The van der Waals surface area contributed by atoms with Gasteiger partial charge in [0.1, 0.15) is 17.6 Å². The Morgan fingerprint density at radius 1 is 1.09 bits per heavy atom. The highest BCUT2D eigenvalue weighted by Crippen LogP contribution is 2.36. The number of nitrogens with zero attached hydrogens (tertiary/aromatic N) is 1. The van der Waals surface area contributed by atoms with Crippen LogP contribution < -0.4 is 0 Å². The smallest absolute Gasteiger partial charge is 0.133 e. The van der Waals surface area contributed by atoms with Gasteiger partial charge in [-0.25, -0.2) is 0 Å². The van der Waals surface area contributed by atoms with Gasteiger partial charge in [-0.2, -0.15) is 0 Å². The highest BCUT2D eigenvalue weighted by Gasteiger charge is 2.39. The summed E-state index contributed by atoms with van der Waals surface area (Å²) in [4.78, 5) is 2.50. The molecular formula is C18H27NO3. The van der Waals surface area contributed by atoms with Crippen LogP contribution in [0.2, 0.25) is 0 Å². The van der Waals surface area contributed by atoms with E-state index in [0.29, 0.717) is 0 Å². The quantitative estimate of drug-likeness (QED) is 0.853. The molecule has 1 spiro atoms. The van der Waals surface area contributed by atoms with E-state index < -0.39 is 0 Å². The van der Waals surface area contributed by atoms with E-state index in [1.165, 1.54) is 38.5 Å². The van der Waals surface area contributed by atoms with Crippen molar-refractivity contribution in [2.24, 2.45) is 0 Å². The van der Waals surface area contributed by atoms with Crippen molar-refractivity contribution < 1.29 is 13.9 Å². The summed E-state index contributed by atoms with van der Waals surface area (Å²) in [6.07, 6.45) is 8.77. The topological polar surface area (TPSA) is 34.8 Å². The minimum absolute atomic E-state index is 0.139. The van der Waals surface area contributed by atoms with Crippen molar-refractivity contribution in [3.05, 3.63) is 23.7 Å². The van der Waals surface area contributed by atoms with Crippen LogP contribution in [0, 0.1) is 0 Å². The Bertz CT molecular complexity index is 486.